The smallest absolute Gasteiger partial charge is 0.341 e. The summed E-state index contributed by atoms with van der Waals surface area (Å²) in [7, 11) is 0. The van der Waals surface area contributed by atoms with Gasteiger partial charge in [-0.1, -0.05) is 18.2 Å². The summed E-state index contributed by atoms with van der Waals surface area (Å²) in [5.41, 5.74) is -0.986. The zero-order valence-electron chi connectivity index (χ0n) is 13.6. The molecule has 0 aliphatic carbocycles. The molecule has 0 spiro atoms. The third-order valence-electron chi connectivity index (χ3n) is 3.73. The Bertz CT molecular complexity index is 917. The molecule has 3 aromatic rings. The van der Waals surface area contributed by atoms with Crippen molar-refractivity contribution in [3.8, 4) is 11.5 Å². The number of pyridine rings is 1. The van der Waals surface area contributed by atoms with E-state index >= 15 is 0 Å². The minimum atomic E-state index is -1.29. The average Bonchev–Trinajstić information content (AvgIpc) is 3.10. The summed E-state index contributed by atoms with van der Waals surface area (Å²) in [5.74, 6) is -0.851. The van der Waals surface area contributed by atoms with Gasteiger partial charge in [0.15, 0.2) is 5.75 Å². The lowest BCUT2D eigenvalue weighted by Gasteiger charge is -2.18. The quantitative estimate of drug-likeness (QED) is 0.746. The predicted molar refractivity (Wildman–Crippen MR) is 91.1 cm³/mol. The lowest BCUT2D eigenvalue weighted by Crippen LogP contribution is -2.22. The normalized spacial score (nSPS) is 11.9. The molecule has 0 bridgehead atoms. The zero-order chi connectivity index (χ0) is 17.8. The number of nitrogens with zero attached hydrogens (tertiary/aromatic N) is 3. The first-order valence-corrected chi connectivity index (χ1v) is 7.74. The molecule has 0 aliphatic rings. The summed E-state index contributed by atoms with van der Waals surface area (Å²) in [6.45, 7) is 2.43. The number of ether oxygens (including phenoxy) is 1. The van der Waals surface area contributed by atoms with Gasteiger partial charge in [0, 0.05) is 18.6 Å². The highest BCUT2D eigenvalue weighted by atomic mass is 16.5. The van der Waals surface area contributed by atoms with Crippen LogP contribution < -0.4 is 10.2 Å². The molecule has 0 aliphatic heterocycles. The van der Waals surface area contributed by atoms with Crippen molar-refractivity contribution >= 4 is 5.97 Å². The summed E-state index contributed by atoms with van der Waals surface area (Å²) in [6, 6.07) is 10.5. The Morgan fingerprint density at radius 2 is 2.00 bits per heavy atom. The van der Waals surface area contributed by atoms with Crippen LogP contribution in [0.1, 0.15) is 23.3 Å². The third kappa shape index (κ3) is 3.77. The zero-order valence-corrected chi connectivity index (χ0v) is 13.6. The average molecular weight is 339 g/mol. The van der Waals surface area contributed by atoms with E-state index in [9.17, 15) is 14.7 Å². The van der Waals surface area contributed by atoms with Gasteiger partial charge < -0.3 is 14.4 Å². The predicted octanol–water partition coefficient (Wildman–Crippen LogP) is 2.80. The highest BCUT2D eigenvalue weighted by Crippen LogP contribution is 2.20. The molecule has 0 fully saturated rings. The molecular weight excluding hydrogens is 322 g/mol. The Kier molecular flexibility index (Phi) is 4.65. The third-order valence-corrected chi connectivity index (χ3v) is 3.73. The molecule has 1 N–H and O–H groups in total. The van der Waals surface area contributed by atoms with Gasteiger partial charge in [0.2, 0.25) is 5.43 Å². The molecule has 7 nitrogen and oxygen atoms in total. The number of para-hydroxylation sites is 1. The Morgan fingerprint density at radius 1 is 1.24 bits per heavy atom. The molecule has 1 atom stereocenters. The first kappa shape index (κ1) is 16.5. The van der Waals surface area contributed by atoms with Gasteiger partial charge in [-0.3, -0.25) is 9.48 Å². The maximum absolute atomic E-state index is 12.4. The largest absolute Gasteiger partial charge is 0.477 e. The van der Waals surface area contributed by atoms with E-state index in [1.807, 2.05) is 25.3 Å². The van der Waals surface area contributed by atoms with Crippen molar-refractivity contribution in [2.75, 3.05) is 0 Å². The van der Waals surface area contributed by atoms with Gasteiger partial charge in [0.05, 0.1) is 18.8 Å². The Hall–Kier alpha value is -3.35. The van der Waals surface area contributed by atoms with Gasteiger partial charge in [0.1, 0.15) is 11.3 Å². The van der Waals surface area contributed by atoms with Crippen LogP contribution >= 0.6 is 0 Å². The van der Waals surface area contributed by atoms with Crippen LogP contribution in [0, 0.1) is 0 Å². The van der Waals surface area contributed by atoms with Gasteiger partial charge >= 0.3 is 5.97 Å². The summed E-state index contributed by atoms with van der Waals surface area (Å²) >= 11 is 0. The molecule has 0 saturated heterocycles. The topological polar surface area (TPSA) is 86.4 Å². The number of aromatic nitrogens is 3. The summed E-state index contributed by atoms with van der Waals surface area (Å²) < 4.78 is 9.00. The van der Waals surface area contributed by atoms with Crippen LogP contribution in [0.25, 0.3) is 0 Å². The minimum absolute atomic E-state index is 0.0292. The van der Waals surface area contributed by atoms with Crippen LogP contribution in [0.2, 0.25) is 0 Å². The summed E-state index contributed by atoms with van der Waals surface area (Å²) in [5, 5.41) is 13.5. The monoisotopic (exact) mass is 339 g/mol. The fraction of sp³-hybridized carbons (Fsp3) is 0.167. The van der Waals surface area contributed by atoms with Gasteiger partial charge in [-0.05, 0) is 25.1 Å². The van der Waals surface area contributed by atoms with Crippen molar-refractivity contribution in [2.45, 2.75) is 19.5 Å². The van der Waals surface area contributed by atoms with Crippen LogP contribution in [-0.2, 0) is 6.54 Å². The highest BCUT2D eigenvalue weighted by molar-refractivity contribution is 5.87. The van der Waals surface area contributed by atoms with Crippen LogP contribution in [0.3, 0.4) is 0 Å². The van der Waals surface area contributed by atoms with Crippen LogP contribution in [-0.4, -0.2) is 25.4 Å². The summed E-state index contributed by atoms with van der Waals surface area (Å²) in [6.07, 6.45) is 6.34. The van der Waals surface area contributed by atoms with E-state index in [4.69, 9.17) is 4.74 Å². The second-order valence-corrected chi connectivity index (χ2v) is 5.61. The Balaban J connectivity index is 1.98. The molecule has 7 heteroatoms. The van der Waals surface area contributed by atoms with Crippen molar-refractivity contribution in [3.05, 3.63) is 77.0 Å². The van der Waals surface area contributed by atoms with Crippen LogP contribution in [0.5, 0.6) is 11.5 Å². The van der Waals surface area contributed by atoms with E-state index in [1.165, 1.54) is 12.4 Å². The van der Waals surface area contributed by atoms with Crippen molar-refractivity contribution in [1.82, 2.24) is 14.3 Å². The number of benzene rings is 1. The molecule has 128 valence electrons. The number of carboxylic acids is 1. The van der Waals surface area contributed by atoms with Crippen LogP contribution in [0.4, 0.5) is 0 Å². The van der Waals surface area contributed by atoms with E-state index in [2.05, 4.69) is 5.10 Å². The maximum atomic E-state index is 12.4. The van der Waals surface area contributed by atoms with Crippen molar-refractivity contribution in [3.63, 3.8) is 0 Å². The number of hydrogen-bond donors (Lipinski definition) is 1. The second kappa shape index (κ2) is 7.04. The van der Waals surface area contributed by atoms with Gasteiger partial charge in [-0.15, -0.1) is 0 Å². The standard InChI is InChI=1S/C18H17N3O4/c1-13(10-21-9-5-8-19-21)20-11-15(18(23)24)17(22)16(12-20)25-14-6-3-2-4-7-14/h2-9,11-13H,10H2,1H3,(H,23,24)/t13-/m1/s1. The first-order chi connectivity index (χ1) is 12.0. The molecule has 0 radical (unpaired) electrons. The van der Waals surface area contributed by atoms with Crippen molar-refractivity contribution < 1.29 is 14.6 Å². The molecule has 2 aromatic heterocycles. The molecule has 3 rings (SSSR count). The molecule has 1 aromatic carbocycles. The summed E-state index contributed by atoms with van der Waals surface area (Å²) in [4.78, 5) is 23.8. The Morgan fingerprint density at radius 3 is 2.64 bits per heavy atom. The van der Waals surface area contributed by atoms with Gasteiger partial charge in [0.25, 0.3) is 0 Å². The van der Waals surface area contributed by atoms with Crippen LogP contribution in [0.15, 0.2) is 66.0 Å². The number of rotatable bonds is 6. The van der Waals surface area contributed by atoms with Gasteiger partial charge in [-0.25, -0.2) is 4.79 Å². The highest BCUT2D eigenvalue weighted by Gasteiger charge is 2.17. The van der Waals surface area contributed by atoms with E-state index in [0.29, 0.717) is 12.3 Å². The lowest BCUT2D eigenvalue weighted by atomic mass is 10.2. The van der Waals surface area contributed by atoms with Crippen molar-refractivity contribution in [1.29, 1.82) is 0 Å². The molecule has 0 saturated carbocycles. The van der Waals surface area contributed by atoms with E-state index in [-0.39, 0.29) is 17.4 Å². The lowest BCUT2D eigenvalue weighted by molar-refractivity contribution is 0.0693. The maximum Gasteiger partial charge on any atom is 0.341 e. The second-order valence-electron chi connectivity index (χ2n) is 5.61. The number of carbonyl (C=O) groups is 1. The van der Waals surface area contributed by atoms with Gasteiger partial charge in [-0.2, -0.15) is 5.10 Å². The molecule has 2 heterocycles. The number of carboxylic acid groups (broad SMARTS) is 1. The van der Waals surface area contributed by atoms with E-state index in [1.54, 1.807) is 39.7 Å². The van der Waals surface area contributed by atoms with E-state index < -0.39 is 11.4 Å². The number of aromatic carboxylic acids is 1. The van der Waals surface area contributed by atoms with E-state index in [0.717, 1.165) is 0 Å². The molecule has 0 amide bonds. The number of hydrogen-bond acceptors (Lipinski definition) is 4. The molecule has 25 heavy (non-hydrogen) atoms. The fourth-order valence-corrected chi connectivity index (χ4v) is 2.44. The molecular formula is C18H17N3O4. The first-order valence-electron chi connectivity index (χ1n) is 7.74. The minimum Gasteiger partial charge on any atom is -0.477 e. The Labute approximate surface area is 143 Å². The molecule has 0 unspecified atom stereocenters. The van der Waals surface area contributed by atoms with Crippen molar-refractivity contribution in [2.24, 2.45) is 0 Å². The fourth-order valence-electron chi connectivity index (χ4n) is 2.44. The SMILES string of the molecule is C[C@H](Cn1cccn1)n1cc(Oc2ccccc2)c(=O)c(C(=O)O)c1.